The van der Waals surface area contributed by atoms with E-state index in [4.69, 9.17) is 28.4 Å². The summed E-state index contributed by atoms with van der Waals surface area (Å²) in [6.07, 6.45) is -1.50. The van der Waals surface area contributed by atoms with Gasteiger partial charge >= 0.3 is 35.8 Å². The Labute approximate surface area is 253 Å². The molecule has 0 aromatic rings. The highest BCUT2D eigenvalue weighted by molar-refractivity contribution is 6.16. The minimum absolute atomic E-state index is 0.0168. The van der Waals surface area contributed by atoms with Crippen molar-refractivity contribution in [2.45, 2.75) is 51.4 Å². The fraction of sp³-hybridized carbons (Fsp3) is 0.516. The Hall–Kier alpha value is -4.55. The van der Waals surface area contributed by atoms with Gasteiger partial charge < -0.3 is 28.4 Å². The summed E-state index contributed by atoms with van der Waals surface area (Å²) in [5, 5.41) is 0. The molecule has 13 heteroatoms. The highest BCUT2D eigenvalue weighted by atomic mass is 16.5. The third kappa shape index (κ3) is 5.03. The predicted molar refractivity (Wildman–Crippen MR) is 147 cm³/mol. The van der Waals surface area contributed by atoms with Crippen molar-refractivity contribution in [2.75, 3.05) is 42.7 Å². The minimum atomic E-state index is -1.97. The largest absolute Gasteiger partial charge is 0.468 e. The third-order valence-corrected chi connectivity index (χ3v) is 9.10. The van der Waals surface area contributed by atoms with E-state index in [2.05, 4.69) is 0 Å². The summed E-state index contributed by atoms with van der Waals surface area (Å²) in [7, 11) is 6.89. The summed E-state index contributed by atoms with van der Waals surface area (Å²) in [5.74, 6) is -5.67. The highest BCUT2D eigenvalue weighted by Gasteiger charge is 2.64. The fourth-order valence-corrected chi connectivity index (χ4v) is 7.03. The molecular weight excluding hydrogens is 580 g/mol. The fourth-order valence-electron chi connectivity index (χ4n) is 7.03. The molecule has 4 aliphatic carbocycles. The summed E-state index contributed by atoms with van der Waals surface area (Å²) in [6, 6.07) is 0. The lowest BCUT2D eigenvalue weighted by molar-refractivity contribution is -0.168. The molecule has 0 amide bonds. The summed E-state index contributed by atoms with van der Waals surface area (Å²) >= 11 is 0. The average molecular weight is 615 g/mol. The van der Waals surface area contributed by atoms with Crippen molar-refractivity contribution >= 4 is 41.6 Å². The molecule has 0 unspecified atom stereocenters. The Morgan fingerprint density at radius 3 is 0.841 bits per heavy atom. The molecule has 0 N–H and O–H groups in total. The average Bonchev–Trinajstić information content (AvgIpc) is 3.21. The Bertz CT molecular complexity index is 1310. The molecule has 44 heavy (non-hydrogen) atoms. The van der Waals surface area contributed by atoms with E-state index < -0.39 is 52.4 Å². The topological polar surface area (TPSA) is 175 Å². The van der Waals surface area contributed by atoms with Crippen molar-refractivity contribution in [3.63, 3.8) is 0 Å². The third-order valence-electron chi connectivity index (χ3n) is 9.10. The number of carbonyl (C=O) groups excluding carboxylic acids is 7. The van der Waals surface area contributed by atoms with E-state index in [1.165, 1.54) is 0 Å². The number of ether oxygens (including phenoxy) is 6. The number of esters is 6. The Morgan fingerprint density at radius 1 is 0.432 bits per heavy atom. The van der Waals surface area contributed by atoms with Crippen molar-refractivity contribution in [1.29, 1.82) is 0 Å². The molecule has 0 aromatic carbocycles. The Kier molecular flexibility index (Phi) is 8.98. The van der Waals surface area contributed by atoms with E-state index >= 15 is 0 Å². The van der Waals surface area contributed by atoms with Crippen molar-refractivity contribution in [2.24, 2.45) is 10.8 Å². The van der Waals surface area contributed by atoms with Gasteiger partial charge in [-0.25, -0.2) is 19.2 Å². The normalized spacial score (nSPS) is 24.7. The number of methoxy groups -OCH3 is 6. The molecule has 0 aromatic heterocycles. The van der Waals surface area contributed by atoms with E-state index in [9.17, 15) is 33.6 Å². The van der Waals surface area contributed by atoms with Gasteiger partial charge in [0.05, 0.1) is 65.0 Å². The molecule has 0 aliphatic heterocycles. The van der Waals surface area contributed by atoms with E-state index in [0.717, 1.165) is 42.7 Å². The van der Waals surface area contributed by atoms with Crippen LogP contribution in [0.5, 0.6) is 0 Å². The number of ketones is 1. The molecule has 0 atom stereocenters. The van der Waals surface area contributed by atoms with Crippen LogP contribution in [-0.4, -0.2) is 84.3 Å². The maximum atomic E-state index is 14.8. The quantitative estimate of drug-likeness (QED) is 0.184. The molecule has 0 spiro atoms. The standard InChI is InChI=1S/C31H34O13/c1-39-23(32)19-7-15-11-30(28(37)43-5)13-17-9-21(25(34)41-3)22(26(35)42-4)10-18(17)14-31(27(30)36,29(38)44-6)12-16(15)8-20(19)24(33)40-2/h7-14H2,1-6H3. The van der Waals surface area contributed by atoms with Gasteiger partial charge in [-0.15, -0.1) is 0 Å². The van der Waals surface area contributed by atoms with Crippen LogP contribution in [0.3, 0.4) is 0 Å². The predicted octanol–water partition coefficient (Wildman–Crippen LogP) is 1.93. The molecule has 0 saturated carbocycles. The lowest BCUT2D eigenvalue weighted by Crippen LogP contribution is -2.51. The van der Waals surface area contributed by atoms with Gasteiger partial charge in [0.1, 0.15) is 10.8 Å². The molecule has 0 saturated heterocycles. The number of allylic oxidation sites excluding steroid dienone is 4. The van der Waals surface area contributed by atoms with E-state index in [1.807, 2.05) is 0 Å². The van der Waals surface area contributed by atoms with Crippen molar-refractivity contribution in [3.8, 4) is 0 Å². The van der Waals surface area contributed by atoms with Crippen LogP contribution >= 0.6 is 0 Å². The first-order valence-electron chi connectivity index (χ1n) is 13.8. The van der Waals surface area contributed by atoms with Crippen LogP contribution in [0.1, 0.15) is 51.4 Å². The highest BCUT2D eigenvalue weighted by Crippen LogP contribution is 2.58. The molecule has 4 rings (SSSR count). The summed E-state index contributed by atoms with van der Waals surface area (Å²) in [5.41, 5.74) is -1.86. The molecule has 13 nitrogen and oxygen atoms in total. The first kappa shape index (κ1) is 32.4. The number of fused-ring (bicyclic) bond motifs is 2. The first-order chi connectivity index (χ1) is 20.9. The van der Waals surface area contributed by atoms with Gasteiger partial charge in [-0.1, -0.05) is 22.3 Å². The molecule has 236 valence electrons. The van der Waals surface area contributed by atoms with Crippen LogP contribution in [0.25, 0.3) is 0 Å². The molecule has 2 bridgehead atoms. The molecule has 4 aliphatic rings. The second kappa shape index (κ2) is 12.2. The summed E-state index contributed by atoms with van der Waals surface area (Å²) in [6.45, 7) is 0. The number of rotatable bonds is 6. The zero-order valence-electron chi connectivity index (χ0n) is 25.5. The zero-order chi connectivity index (χ0) is 32.6. The van der Waals surface area contributed by atoms with Crippen LogP contribution in [0.4, 0.5) is 0 Å². The molecule has 0 radical (unpaired) electrons. The summed E-state index contributed by atoms with van der Waals surface area (Å²) in [4.78, 5) is 93.6. The lowest BCUT2D eigenvalue weighted by atomic mass is 9.65. The monoisotopic (exact) mass is 614 g/mol. The van der Waals surface area contributed by atoms with Gasteiger partial charge in [-0.05, 0) is 25.7 Å². The number of hydrogen-bond donors (Lipinski definition) is 0. The Balaban J connectivity index is 1.96. The maximum absolute atomic E-state index is 14.8. The molecule has 0 heterocycles. The van der Waals surface area contributed by atoms with Crippen LogP contribution < -0.4 is 0 Å². The van der Waals surface area contributed by atoms with Gasteiger partial charge in [-0.3, -0.25) is 14.4 Å². The SMILES string of the molecule is COC(=O)C1=C(C(=O)OC)CC2=C(C1)CC1(C(=O)OC)CC3=C(CC(C(=O)OC)=C(C(=O)OC)C3)CC(C(=O)OC)(C2)C1=O. The first-order valence-corrected chi connectivity index (χ1v) is 13.8. The van der Waals surface area contributed by atoms with E-state index in [0.29, 0.717) is 22.3 Å². The lowest BCUT2D eigenvalue weighted by Gasteiger charge is -2.35. The zero-order valence-corrected chi connectivity index (χ0v) is 25.5. The number of hydrogen-bond acceptors (Lipinski definition) is 13. The van der Waals surface area contributed by atoms with Crippen LogP contribution in [0.15, 0.2) is 44.6 Å². The van der Waals surface area contributed by atoms with Gasteiger partial charge in [0.15, 0.2) is 5.78 Å². The van der Waals surface area contributed by atoms with E-state index in [-0.39, 0.29) is 73.7 Å². The van der Waals surface area contributed by atoms with Gasteiger partial charge in [0, 0.05) is 25.7 Å². The minimum Gasteiger partial charge on any atom is -0.468 e. The Morgan fingerprint density at radius 2 is 0.659 bits per heavy atom. The van der Waals surface area contributed by atoms with Crippen LogP contribution in [0, 0.1) is 10.8 Å². The van der Waals surface area contributed by atoms with Crippen molar-refractivity contribution in [1.82, 2.24) is 0 Å². The molecule has 0 fully saturated rings. The number of Topliss-reactive ketones (excluding diaryl/α,β-unsaturated/α-hetero) is 1. The number of carbonyl (C=O) groups is 7. The second-order valence-corrected chi connectivity index (χ2v) is 11.2. The van der Waals surface area contributed by atoms with Gasteiger partial charge in [0.2, 0.25) is 0 Å². The van der Waals surface area contributed by atoms with Crippen molar-refractivity contribution < 1.29 is 62.0 Å². The molecular formula is C31H34O13. The van der Waals surface area contributed by atoms with Crippen molar-refractivity contribution in [3.05, 3.63) is 44.6 Å². The van der Waals surface area contributed by atoms with Crippen LogP contribution in [0.2, 0.25) is 0 Å². The smallest absolute Gasteiger partial charge is 0.334 e. The summed E-state index contributed by atoms with van der Waals surface area (Å²) < 4.78 is 30.1. The van der Waals surface area contributed by atoms with Gasteiger partial charge in [-0.2, -0.15) is 0 Å². The van der Waals surface area contributed by atoms with E-state index in [1.54, 1.807) is 0 Å². The maximum Gasteiger partial charge on any atom is 0.334 e. The van der Waals surface area contributed by atoms with Crippen LogP contribution in [-0.2, 0) is 62.0 Å². The second-order valence-electron chi connectivity index (χ2n) is 11.2. The van der Waals surface area contributed by atoms with Gasteiger partial charge in [0.25, 0.3) is 0 Å².